The summed E-state index contributed by atoms with van der Waals surface area (Å²) < 4.78 is 0. The number of nitro groups is 1. The number of nitro benzene ring substituents is 1. The highest BCUT2D eigenvalue weighted by atomic mass is 16.6. The average molecular weight is 249 g/mol. The quantitative estimate of drug-likeness (QED) is 0.583. The van der Waals surface area contributed by atoms with Crippen molar-refractivity contribution >= 4 is 23.6 Å². The Morgan fingerprint density at radius 1 is 1.28 bits per heavy atom. The first kappa shape index (κ1) is 13.4. The third-order valence-electron chi connectivity index (χ3n) is 2.06. The minimum absolute atomic E-state index is 0.00853. The maximum absolute atomic E-state index is 11.0. The van der Waals surface area contributed by atoms with Gasteiger partial charge >= 0.3 is 0 Å². The van der Waals surface area contributed by atoms with Crippen LogP contribution in [0.25, 0.3) is 6.08 Å². The van der Waals surface area contributed by atoms with Crippen LogP contribution in [0.2, 0.25) is 0 Å². The predicted molar refractivity (Wildman–Crippen MR) is 64.5 cm³/mol. The minimum Gasteiger partial charge on any atom is -0.369 e. The van der Waals surface area contributed by atoms with Crippen LogP contribution in [-0.4, -0.2) is 16.7 Å². The number of benzene rings is 1. The highest BCUT2D eigenvalue weighted by Gasteiger charge is 2.11. The molecule has 7 heteroatoms. The highest BCUT2D eigenvalue weighted by molar-refractivity contribution is 5.94. The lowest BCUT2D eigenvalue weighted by atomic mass is 10.1. The van der Waals surface area contributed by atoms with Gasteiger partial charge in [0.25, 0.3) is 5.69 Å². The number of hydrogen-bond donors (Lipinski definition) is 2. The molecule has 4 N–H and O–H groups in total. The molecule has 2 amide bonds. The molecule has 0 radical (unpaired) electrons. The third kappa shape index (κ3) is 3.71. The first-order chi connectivity index (χ1) is 8.40. The number of nitrogens with two attached hydrogens (primary N) is 2. The average Bonchev–Trinajstić information content (AvgIpc) is 2.28. The fourth-order valence-electron chi connectivity index (χ4n) is 1.29. The van der Waals surface area contributed by atoms with E-state index in [-0.39, 0.29) is 17.7 Å². The van der Waals surface area contributed by atoms with Gasteiger partial charge < -0.3 is 11.5 Å². The van der Waals surface area contributed by atoms with Crippen molar-refractivity contribution < 1.29 is 14.5 Å². The van der Waals surface area contributed by atoms with Gasteiger partial charge in [-0.05, 0) is 11.6 Å². The van der Waals surface area contributed by atoms with Crippen molar-refractivity contribution in [1.29, 1.82) is 0 Å². The topological polar surface area (TPSA) is 129 Å². The van der Waals surface area contributed by atoms with Crippen LogP contribution >= 0.6 is 0 Å². The number of amides is 2. The molecule has 1 aromatic carbocycles. The number of non-ortho nitro benzene ring substituents is 1. The lowest BCUT2D eigenvalue weighted by Gasteiger charge is -1.99. The van der Waals surface area contributed by atoms with Crippen LogP contribution in [0.4, 0.5) is 5.69 Å². The zero-order valence-corrected chi connectivity index (χ0v) is 9.33. The molecule has 0 fully saturated rings. The Morgan fingerprint density at radius 3 is 2.44 bits per heavy atom. The van der Waals surface area contributed by atoms with Gasteiger partial charge in [0.1, 0.15) is 0 Å². The van der Waals surface area contributed by atoms with E-state index in [0.717, 1.165) is 6.07 Å². The lowest BCUT2D eigenvalue weighted by Crippen LogP contribution is -2.11. The molecule has 0 aromatic heterocycles. The predicted octanol–water partition coefficient (Wildman–Crippen LogP) is 0.582. The SMILES string of the molecule is NC(=O)CC=Cc1cc(C(N)=O)cc([N+](=O)[O-])c1. The summed E-state index contributed by atoms with van der Waals surface area (Å²) in [6, 6.07) is 3.75. The molecule has 0 aliphatic heterocycles. The van der Waals surface area contributed by atoms with Crippen LogP contribution < -0.4 is 11.5 Å². The van der Waals surface area contributed by atoms with Crippen LogP contribution in [0.15, 0.2) is 24.3 Å². The van der Waals surface area contributed by atoms with Gasteiger partial charge in [0.2, 0.25) is 11.8 Å². The van der Waals surface area contributed by atoms with E-state index in [1.165, 1.54) is 24.3 Å². The Morgan fingerprint density at radius 2 is 1.94 bits per heavy atom. The Balaban J connectivity index is 3.11. The summed E-state index contributed by atoms with van der Waals surface area (Å²) in [4.78, 5) is 31.6. The van der Waals surface area contributed by atoms with Crippen molar-refractivity contribution in [2.75, 3.05) is 0 Å². The van der Waals surface area contributed by atoms with E-state index in [9.17, 15) is 19.7 Å². The summed E-state index contributed by atoms with van der Waals surface area (Å²) in [5, 5.41) is 10.7. The Bertz CT molecular complexity index is 505. The van der Waals surface area contributed by atoms with E-state index in [2.05, 4.69) is 0 Å². The van der Waals surface area contributed by atoms with Gasteiger partial charge in [-0.15, -0.1) is 0 Å². The molecular weight excluding hydrogens is 238 g/mol. The van der Waals surface area contributed by atoms with Crippen LogP contribution in [0.5, 0.6) is 0 Å². The van der Waals surface area contributed by atoms with Gasteiger partial charge in [-0.3, -0.25) is 19.7 Å². The molecule has 0 saturated carbocycles. The first-order valence-electron chi connectivity index (χ1n) is 4.94. The monoisotopic (exact) mass is 249 g/mol. The molecule has 0 saturated heterocycles. The Labute approximate surface area is 102 Å². The number of primary amides is 2. The molecule has 0 aliphatic carbocycles. The molecule has 0 atom stereocenters. The maximum Gasteiger partial charge on any atom is 0.270 e. The number of carbonyl (C=O) groups excluding carboxylic acids is 2. The third-order valence-corrected chi connectivity index (χ3v) is 2.06. The van der Waals surface area contributed by atoms with Gasteiger partial charge in [0, 0.05) is 24.1 Å². The standard InChI is InChI=1S/C11H11N3O4/c12-10(15)3-1-2-7-4-8(11(13)16)6-9(5-7)14(17)18/h1-2,4-6H,3H2,(H2,12,15)(H2,13,16). The highest BCUT2D eigenvalue weighted by Crippen LogP contribution is 2.18. The number of carbonyl (C=O) groups is 2. The fraction of sp³-hybridized carbons (Fsp3) is 0.0909. The molecule has 1 rings (SSSR count). The second-order valence-electron chi connectivity index (χ2n) is 3.51. The summed E-state index contributed by atoms with van der Waals surface area (Å²) in [5.74, 6) is -1.28. The smallest absolute Gasteiger partial charge is 0.270 e. The molecule has 0 unspecified atom stereocenters. The zero-order valence-electron chi connectivity index (χ0n) is 9.33. The molecule has 94 valence electrons. The van der Waals surface area contributed by atoms with E-state index in [4.69, 9.17) is 11.5 Å². The first-order valence-corrected chi connectivity index (χ1v) is 4.94. The van der Waals surface area contributed by atoms with Gasteiger partial charge in [0.15, 0.2) is 0 Å². The summed E-state index contributed by atoms with van der Waals surface area (Å²) in [7, 11) is 0. The molecule has 0 bridgehead atoms. The second kappa shape index (κ2) is 5.58. The number of hydrogen-bond acceptors (Lipinski definition) is 4. The van der Waals surface area contributed by atoms with Crippen LogP contribution in [0.3, 0.4) is 0 Å². The Hall–Kier alpha value is -2.70. The molecule has 1 aromatic rings. The molecule has 7 nitrogen and oxygen atoms in total. The normalized spacial score (nSPS) is 10.4. The number of rotatable bonds is 5. The van der Waals surface area contributed by atoms with Gasteiger partial charge in [0.05, 0.1) is 4.92 Å². The molecule has 0 spiro atoms. The summed E-state index contributed by atoms with van der Waals surface area (Å²) in [6.45, 7) is 0. The van der Waals surface area contributed by atoms with Gasteiger partial charge in [-0.2, -0.15) is 0 Å². The zero-order chi connectivity index (χ0) is 13.7. The molecule has 0 aliphatic rings. The summed E-state index contributed by atoms with van der Waals surface area (Å²) in [5.41, 5.74) is 10.2. The van der Waals surface area contributed by atoms with Crippen molar-refractivity contribution in [3.63, 3.8) is 0 Å². The van der Waals surface area contributed by atoms with Crippen molar-refractivity contribution in [1.82, 2.24) is 0 Å². The van der Waals surface area contributed by atoms with E-state index < -0.39 is 16.7 Å². The molecule has 0 heterocycles. The molecular formula is C11H11N3O4. The van der Waals surface area contributed by atoms with Crippen LogP contribution in [0.1, 0.15) is 22.3 Å². The summed E-state index contributed by atoms with van der Waals surface area (Å²) >= 11 is 0. The lowest BCUT2D eigenvalue weighted by molar-refractivity contribution is -0.384. The van der Waals surface area contributed by atoms with E-state index >= 15 is 0 Å². The van der Waals surface area contributed by atoms with Gasteiger partial charge in [-0.25, -0.2) is 0 Å². The van der Waals surface area contributed by atoms with Gasteiger partial charge in [-0.1, -0.05) is 12.2 Å². The van der Waals surface area contributed by atoms with Crippen molar-refractivity contribution in [2.24, 2.45) is 11.5 Å². The van der Waals surface area contributed by atoms with Crippen molar-refractivity contribution in [3.8, 4) is 0 Å². The van der Waals surface area contributed by atoms with E-state index in [1.807, 2.05) is 0 Å². The van der Waals surface area contributed by atoms with Crippen LogP contribution in [0, 0.1) is 10.1 Å². The second-order valence-corrected chi connectivity index (χ2v) is 3.51. The minimum atomic E-state index is -0.761. The molecule has 18 heavy (non-hydrogen) atoms. The Kier molecular flexibility index (Phi) is 4.14. The number of nitrogens with zero attached hydrogens (tertiary/aromatic N) is 1. The summed E-state index contributed by atoms with van der Waals surface area (Å²) in [6.07, 6.45) is 2.92. The maximum atomic E-state index is 11.0. The van der Waals surface area contributed by atoms with E-state index in [1.54, 1.807) is 0 Å². The fourth-order valence-corrected chi connectivity index (χ4v) is 1.29. The van der Waals surface area contributed by atoms with Crippen molar-refractivity contribution in [3.05, 3.63) is 45.5 Å². The van der Waals surface area contributed by atoms with Crippen molar-refractivity contribution in [2.45, 2.75) is 6.42 Å². The van der Waals surface area contributed by atoms with Crippen LogP contribution in [-0.2, 0) is 4.79 Å². The van der Waals surface area contributed by atoms with E-state index in [0.29, 0.717) is 5.56 Å². The largest absolute Gasteiger partial charge is 0.369 e.